The van der Waals surface area contributed by atoms with Gasteiger partial charge in [-0.1, -0.05) is 0 Å². The van der Waals surface area contributed by atoms with Gasteiger partial charge in [0.15, 0.2) is 5.79 Å². The topological polar surface area (TPSA) is 98.2 Å². The van der Waals surface area contributed by atoms with Crippen LogP contribution >= 0.6 is 0 Å². The van der Waals surface area contributed by atoms with Crippen molar-refractivity contribution in [3.63, 3.8) is 0 Å². The molecule has 0 aromatic rings. The van der Waals surface area contributed by atoms with E-state index < -0.39 is 14.8 Å². The molecular formula is C13H32N2O5Si. The minimum Gasteiger partial charge on any atom is -0.355 e. The Labute approximate surface area is 129 Å². The van der Waals surface area contributed by atoms with Gasteiger partial charge in [-0.25, -0.2) is 0 Å². The maximum absolute atomic E-state index is 6.15. The van der Waals surface area contributed by atoms with Crippen molar-refractivity contribution in [1.82, 2.24) is 0 Å². The van der Waals surface area contributed by atoms with Gasteiger partial charge in [0.1, 0.15) is 0 Å². The van der Waals surface area contributed by atoms with Crippen molar-refractivity contribution < 1.29 is 22.4 Å². The Balaban J connectivity index is 5.23. The number of rotatable bonds is 14. The van der Waals surface area contributed by atoms with Crippen LogP contribution in [0.5, 0.6) is 0 Å². The molecule has 1 unspecified atom stereocenters. The Bertz CT molecular complexity index is 247. The number of ether oxygens (including phenoxy) is 1. The molecule has 0 aliphatic rings. The molecule has 7 nitrogen and oxygen atoms in total. The summed E-state index contributed by atoms with van der Waals surface area (Å²) in [6, 6.07) is 0. The molecule has 0 radical (unpaired) electrons. The van der Waals surface area contributed by atoms with Crippen LogP contribution in [-0.2, 0) is 22.4 Å². The van der Waals surface area contributed by atoms with Crippen LogP contribution in [0.1, 0.15) is 40.0 Å². The van der Waals surface area contributed by atoms with Gasteiger partial charge in [-0.15, -0.1) is 0 Å². The lowest BCUT2D eigenvalue weighted by Gasteiger charge is -2.39. The zero-order valence-corrected chi connectivity index (χ0v) is 14.9. The van der Waals surface area contributed by atoms with Crippen LogP contribution in [-0.4, -0.2) is 54.9 Å². The largest absolute Gasteiger partial charge is 0.681 e. The maximum Gasteiger partial charge on any atom is 0.681 e. The van der Waals surface area contributed by atoms with E-state index in [9.17, 15) is 0 Å². The van der Waals surface area contributed by atoms with Crippen molar-refractivity contribution in [3.05, 3.63) is 0 Å². The van der Waals surface area contributed by atoms with E-state index in [-0.39, 0.29) is 0 Å². The van der Waals surface area contributed by atoms with Gasteiger partial charge in [0, 0.05) is 39.8 Å². The Morgan fingerprint density at radius 1 is 0.905 bits per heavy atom. The summed E-state index contributed by atoms with van der Waals surface area (Å²) >= 11 is 0. The van der Waals surface area contributed by atoms with Crippen LogP contribution in [0.15, 0.2) is 0 Å². The van der Waals surface area contributed by atoms with E-state index in [1.54, 1.807) is 0 Å². The van der Waals surface area contributed by atoms with Crippen LogP contribution in [0.4, 0.5) is 0 Å². The van der Waals surface area contributed by atoms with Gasteiger partial charge in [0.2, 0.25) is 0 Å². The lowest BCUT2D eigenvalue weighted by molar-refractivity contribution is -0.231. The molecule has 8 heteroatoms. The zero-order chi connectivity index (χ0) is 16.2. The van der Waals surface area contributed by atoms with Crippen molar-refractivity contribution >= 4 is 9.05 Å². The SMILES string of the molecule is CCOC(CCN)(CCCN)O[Si](OC)(OCC)OCC. The average Bonchev–Trinajstić information content (AvgIpc) is 2.46. The van der Waals surface area contributed by atoms with Crippen molar-refractivity contribution in [2.24, 2.45) is 11.5 Å². The molecule has 21 heavy (non-hydrogen) atoms. The molecule has 0 heterocycles. The quantitative estimate of drug-likeness (QED) is 0.363. The van der Waals surface area contributed by atoms with E-state index in [4.69, 9.17) is 33.9 Å². The fourth-order valence-corrected chi connectivity index (χ4v) is 4.04. The first kappa shape index (κ1) is 20.9. The second kappa shape index (κ2) is 11.5. The molecular weight excluding hydrogens is 292 g/mol. The highest BCUT2D eigenvalue weighted by Gasteiger charge is 2.51. The van der Waals surface area contributed by atoms with Gasteiger partial charge in [-0.05, 0) is 40.3 Å². The molecule has 4 N–H and O–H groups in total. The highest BCUT2D eigenvalue weighted by molar-refractivity contribution is 6.53. The lowest BCUT2D eigenvalue weighted by Crippen LogP contribution is -2.56. The van der Waals surface area contributed by atoms with Crippen LogP contribution in [0.2, 0.25) is 0 Å². The highest BCUT2D eigenvalue weighted by Crippen LogP contribution is 2.29. The Morgan fingerprint density at radius 3 is 1.90 bits per heavy atom. The van der Waals surface area contributed by atoms with Gasteiger partial charge >= 0.3 is 9.05 Å². The van der Waals surface area contributed by atoms with E-state index in [2.05, 4.69) is 0 Å². The third kappa shape index (κ3) is 7.16. The molecule has 0 spiro atoms. The summed E-state index contributed by atoms with van der Waals surface area (Å²) in [5.74, 6) is -0.880. The standard InChI is InChI=1S/C13H32N2O5Si/c1-5-17-13(10-12-15,9-8-11-14)20-21(16-4,18-6-2)19-7-3/h5-12,14-15H2,1-4H3. The number of hydrogen-bond donors (Lipinski definition) is 2. The fraction of sp³-hybridized carbons (Fsp3) is 1.00. The molecule has 1 atom stereocenters. The predicted octanol–water partition coefficient (Wildman–Crippen LogP) is 0.979. The molecule has 0 amide bonds. The van der Waals surface area contributed by atoms with E-state index in [0.29, 0.717) is 45.8 Å². The molecule has 0 aliphatic carbocycles. The summed E-state index contributed by atoms with van der Waals surface area (Å²) in [5.41, 5.74) is 11.3. The van der Waals surface area contributed by atoms with Crippen LogP contribution in [0.25, 0.3) is 0 Å². The van der Waals surface area contributed by atoms with Gasteiger partial charge in [0.25, 0.3) is 0 Å². The van der Waals surface area contributed by atoms with Crippen LogP contribution < -0.4 is 11.5 Å². The summed E-state index contributed by atoms with van der Waals surface area (Å²) in [4.78, 5) is 0. The molecule has 0 aromatic heterocycles. The van der Waals surface area contributed by atoms with Gasteiger partial charge < -0.3 is 33.9 Å². The van der Waals surface area contributed by atoms with Gasteiger partial charge in [-0.2, -0.15) is 0 Å². The summed E-state index contributed by atoms with van der Waals surface area (Å²) in [6.45, 7) is 7.99. The molecule has 128 valence electrons. The predicted molar refractivity (Wildman–Crippen MR) is 83.4 cm³/mol. The van der Waals surface area contributed by atoms with Crippen LogP contribution in [0.3, 0.4) is 0 Å². The average molecular weight is 324 g/mol. The lowest BCUT2D eigenvalue weighted by atomic mass is 10.1. The van der Waals surface area contributed by atoms with Gasteiger partial charge in [-0.3, -0.25) is 0 Å². The summed E-state index contributed by atoms with van der Waals surface area (Å²) in [6.07, 6.45) is 1.90. The van der Waals surface area contributed by atoms with E-state index >= 15 is 0 Å². The van der Waals surface area contributed by atoms with Crippen molar-refractivity contribution in [3.8, 4) is 0 Å². The minimum absolute atomic E-state index is 0.428. The summed E-state index contributed by atoms with van der Waals surface area (Å²) in [5, 5.41) is 0. The Kier molecular flexibility index (Phi) is 11.5. The smallest absolute Gasteiger partial charge is 0.355 e. The van der Waals surface area contributed by atoms with Crippen molar-refractivity contribution in [2.75, 3.05) is 40.0 Å². The van der Waals surface area contributed by atoms with Gasteiger partial charge in [0.05, 0.1) is 0 Å². The molecule has 0 rings (SSSR count). The number of hydrogen-bond acceptors (Lipinski definition) is 7. The maximum atomic E-state index is 6.15. The summed E-state index contributed by atoms with van der Waals surface area (Å²) < 4.78 is 28.8. The third-order valence-corrected chi connectivity index (χ3v) is 5.30. The third-order valence-electron chi connectivity index (χ3n) is 2.90. The molecule has 0 bridgehead atoms. The fourth-order valence-electron chi connectivity index (χ4n) is 2.10. The number of nitrogens with two attached hydrogens (primary N) is 2. The van der Waals surface area contributed by atoms with E-state index in [1.807, 2.05) is 20.8 Å². The van der Waals surface area contributed by atoms with E-state index in [1.165, 1.54) is 7.11 Å². The molecule has 0 aromatic carbocycles. The van der Waals surface area contributed by atoms with Crippen LogP contribution in [0, 0.1) is 0 Å². The first-order chi connectivity index (χ1) is 10.1. The Hall–Kier alpha value is -0.0631. The Morgan fingerprint density at radius 2 is 1.52 bits per heavy atom. The second-order valence-corrected chi connectivity index (χ2v) is 6.64. The molecule has 0 fully saturated rings. The second-order valence-electron chi connectivity index (χ2n) is 4.45. The zero-order valence-electron chi connectivity index (χ0n) is 13.9. The normalized spacial score (nSPS) is 15.1. The minimum atomic E-state index is -3.25. The van der Waals surface area contributed by atoms with Crippen molar-refractivity contribution in [1.29, 1.82) is 0 Å². The highest BCUT2D eigenvalue weighted by atomic mass is 28.4. The van der Waals surface area contributed by atoms with E-state index in [0.717, 1.165) is 6.42 Å². The summed E-state index contributed by atoms with van der Waals surface area (Å²) in [7, 11) is -1.72. The first-order valence-corrected chi connectivity index (χ1v) is 9.28. The monoisotopic (exact) mass is 324 g/mol. The molecule has 0 aliphatic heterocycles. The van der Waals surface area contributed by atoms with Crippen molar-refractivity contribution in [2.45, 2.75) is 45.8 Å². The first-order valence-electron chi connectivity index (χ1n) is 7.64. The molecule has 0 saturated carbocycles. The molecule has 0 saturated heterocycles.